The third kappa shape index (κ3) is 4.74. The maximum absolute atomic E-state index is 5.66. The molecule has 3 nitrogen and oxygen atoms in total. The lowest BCUT2D eigenvalue weighted by molar-refractivity contribution is 0.610. The molecule has 0 spiro atoms. The normalized spacial score (nSPS) is 11.5. The van der Waals surface area contributed by atoms with Crippen LogP contribution >= 0.6 is 11.8 Å². The van der Waals surface area contributed by atoms with Gasteiger partial charge in [-0.1, -0.05) is 18.2 Å². The largest absolute Gasteiger partial charge is 0.370 e. The molecule has 0 amide bonds. The fourth-order valence-corrected chi connectivity index (χ4v) is 1.75. The van der Waals surface area contributed by atoms with Crippen molar-refractivity contribution in [2.24, 2.45) is 10.7 Å². The van der Waals surface area contributed by atoms with E-state index < -0.39 is 0 Å². The van der Waals surface area contributed by atoms with Crippen molar-refractivity contribution in [1.29, 1.82) is 0 Å². The quantitative estimate of drug-likeness (QED) is 0.365. The van der Waals surface area contributed by atoms with E-state index in [1.54, 1.807) is 11.8 Å². The molecule has 1 aromatic rings. The van der Waals surface area contributed by atoms with Gasteiger partial charge in [-0.05, 0) is 12.1 Å². The molecule has 0 aliphatic rings. The lowest BCUT2D eigenvalue weighted by Gasteiger charge is -2.10. The van der Waals surface area contributed by atoms with Crippen LogP contribution in [0, 0.1) is 0 Å². The Morgan fingerprint density at radius 1 is 1.33 bits per heavy atom. The standard InChI is InChI=1S/C11H17N3S/c1-14(2)11(12)13-8-9-15-10-6-4-3-5-7-10/h3-7H,8-9H2,1-2H3,(H2,12,13). The zero-order chi connectivity index (χ0) is 11.1. The summed E-state index contributed by atoms with van der Waals surface area (Å²) in [5.41, 5.74) is 5.66. The Morgan fingerprint density at radius 2 is 2.00 bits per heavy atom. The zero-order valence-corrected chi connectivity index (χ0v) is 10.00. The van der Waals surface area contributed by atoms with E-state index in [0.29, 0.717) is 5.96 Å². The second-order valence-corrected chi connectivity index (χ2v) is 4.46. The number of nitrogens with zero attached hydrogens (tertiary/aromatic N) is 2. The number of guanidine groups is 1. The van der Waals surface area contributed by atoms with Crippen LogP contribution in [0.15, 0.2) is 40.2 Å². The van der Waals surface area contributed by atoms with Crippen LogP contribution in [0.4, 0.5) is 0 Å². The molecule has 4 heteroatoms. The summed E-state index contributed by atoms with van der Waals surface area (Å²) in [7, 11) is 3.78. The SMILES string of the molecule is CN(C)C(N)=NCCSc1ccccc1. The molecule has 0 saturated heterocycles. The van der Waals surface area contributed by atoms with Crippen molar-refractivity contribution in [2.45, 2.75) is 4.90 Å². The zero-order valence-electron chi connectivity index (χ0n) is 9.18. The maximum Gasteiger partial charge on any atom is 0.190 e. The highest BCUT2D eigenvalue weighted by Gasteiger charge is 1.94. The molecule has 0 aliphatic heterocycles. The number of benzene rings is 1. The van der Waals surface area contributed by atoms with Crippen molar-refractivity contribution in [3.63, 3.8) is 0 Å². The van der Waals surface area contributed by atoms with Gasteiger partial charge in [0.05, 0.1) is 6.54 Å². The summed E-state index contributed by atoms with van der Waals surface area (Å²) >= 11 is 1.79. The van der Waals surface area contributed by atoms with Crippen LogP contribution in [0.3, 0.4) is 0 Å². The molecule has 82 valence electrons. The first kappa shape index (κ1) is 11.9. The predicted molar refractivity (Wildman–Crippen MR) is 67.3 cm³/mol. The Kier molecular flexibility index (Phi) is 5.04. The Labute approximate surface area is 95.4 Å². The first-order chi connectivity index (χ1) is 7.20. The van der Waals surface area contributed by atoms with Crippen LogP contribution in [0.1, 0.15) is 0 Å². The second-order valence-electron chi connectivity index (χ2n) is 3.30. The van der Waals surface area contributed by atoms with E-state index in [1.165, 1.54) is 4.90 Å². The molecule has 0 radical (unpaired) electrons. The van der Waals surface area contributed by atoms with Gasteiger partial charge in [-0.2, -0.15) is 0 Å². The average molecular weight is 223 g/mol. The van der Waals surface area contributed by atoms with Crippen molar-refractivity contribution < 1.29 is 0 Å². The molecule has 0 aromatic heterocycles. The van der Waals surface area contributed by atoms with Crippen molar-refractivity contribution in [1.82, 2.24) is 4.90 Å². The van der Waals surface area contributed by atoms with Gasteiger partial charge in [0.15, 0.2) is 5.96 Å². The Bertz CT molecular complexity index is 309. The molecule has 1 aromatic carbocycles. The summed E-state index contributed by atoms with van der Waals surface area (Å²) in [5, 5.41) is 0. The molecule has 2 N–H and O–H groups in total. The first-order valence-corrected chi connectivity index (χ1v) is 5.84. The van der Waals surface area contributed by atoms with E-state index in [2.05, 4.69) is 17.1 Å². The van der Waals surface area contributed by atoms with Crippen LogP contribution in [-0.4, -0.2) is 37.3 Å². The minimum absolute atomic E-state index is 0.587. The second kappa shape index (κ2) is 6.35. The highest BCUT2D eigenvalue weighted by Crippen LogP contribution is 2.16. The molecule has 15 heavy (non-hydrogen) atoms. The monoisotopic (exact) mass is 223 g/mol. The van der Waals surface area contributed by atoms with Crippen LogP contribution in [0.5, 0.6) is 0 Å². The van der Waals surface area contributed by atoms with Crippen molar-refractivity contribution in [3.05, 3.63) is 30.3 Å². The minimum Gasteiger partial charge on any atom is -0.370 e. The van der Waals surface area contributed by atoms with Crippen LogP contribution < -0.4 is 5.73 Å². The van der Waals surface area contributed by atoms with Gasteiger partial charge >= 0.3 is 0 Å². The Hall–Kier alpha value is -1.16. The van der Waals surface area contributed by atoms with Gasteiger partial charge in [0.1, 0.15) is 0 Å². The number of rotatable bonds is 4. The lowest BCUT2D eigenvalue weighted by Crippen LogP contribution is -2.30. The summed E-state index contributed by atoms with van der Waals surface area (Å²) in [6.07, 6.45) is 0. The van der Waals surface area contributed by atoms with Gasteiger partial charge in [-0.15, -0.1) is 11.8 Å². The molecule has 0 atom stereocenters. The number of hydrogen-bond donors (Lipinski definition) is 1. The molecule has 1 rings (SSSR count). The van der Waals surface area contributed by atoms with Gasteiger partial charge in [0.2, 0.25) is 0 Å². The van der Waals surface area contributed by atoms with Crippen LogP contribution in [0.2, 0.25) is 0 Å². The minimum atomic E-state index is 0.587. The van der Waals surface area contributed by atoms with Crippen molar-refractivity contribution in [2.75, 3.05) is 26.4 Å². The number of aliphatic imine (C=N–C) groups is 1. The maximum atomic E-state index is 5.66. The summed E-state index contributed by atoms with van der Waals surface area (Å²) in [4.78, 5) is 7.33. The van der Waals surface area contributed by atoms with Gasteiger partial charge < -0.3 is 10.6 Å². The van der Waals surface area contributed by atoms with E-state index >= 15 is 0 Å². The summed E-state index contributed by atoms with van der Waals surface area (Å²) in [5.74, 6) is 1.54. The highest BCUT2D eigenvalue weighted by atomic mass is 32.2. The van der Waals surface area contributed by atoms with E-state index in [4.69, 9.17) is 5.73 Å². The van der Waals surface area contributed by atoms with E-state index in [0.717, 1.165) is 12.3 Å². The molecular weight excluding hydrogens is 206 g/mol. The van der Waals surface area contributed by atoms with Gasteiger partial charge in [-0.3, -0.25) is 4.99 Å². The lowest BCUT2D eigenvalue weighted by atomic mass is 10.4. The average Bonchev–Trinajstić information content (AvgIpc) is 2.25. The molecule has 0 fully saturated rings. The number of thioether (sulfide) groups is 1. The highest BCUT2D eigenvalue weighted by molar-refractivity contribution is 7.99. The van der Waals surface area contributed by atoms with Gasteiger partial charge in [0, 0.05) is 24.7 Å². The van der Waals surface area contributed by atoms with Crippen LogP contribution in [0.25, 0.3) is 0 Å². The summed E-state index contributed by atoms with van der Waals surface area (Å²) < 4.78 is 0. The fraction of sp³-hybridized carbons (Fsp3) is 0.364. The third-order valence-electron chi connectivity index (χ3n) is 1.84. The van der Waals surface area contributed by atoms with Gasteiger partial charge in [0.25, 0.3) is 0 Å². The van der Waals surface area contributed by atoms with E-state index in [9.17, 15) is 0 Å². The van der Waals surface area contributed by atoms with Crippen molar-refractivity contribution >= 4 is 17.7 Å². The molecule has 0 bridgehead atoms. The van der Waals surface area contributed by atoms with Crippen molar-refractivity contribution in [3.8, 4) is 0 Å². The predicted octanol–water partition coefficient (Wildman–Crippen LogP) is 1.66. The summed E-state index contributed by atoms with van der Waals surface area (Å²) in [6, 6.07) is 10.3. The molecule has 0 saturated carbocycles. The molecular formula is C11H17N3S. The topological polar surface area (TPSA) is 41.6 Å². The van der Waals surface area contributed by atoms with E-state index in [-0.39, 0.29) is 0 Å². The Balaban J connectivity index is 2.26. The fourth-order valence-electron chi connectivity index (χ4n) is 0.982. The smallest absolute Gasteiger partial charge is 0.190 e. The third-order valence-corrected chi connectivity index (χ3v) is 2.83. The molecule has 0 heterocycles. The molecule has 0 aliphatic carbocycles. The number of nitrogens with two attached hydrogens (primary N) is 1. The Morgan fingerprint density at radius 3 is 2.60 bits per heavy atom. The number of hydrogen-bond acceptors (Lipinski definition) is 2. The molecule has 0 unspecified atom stereocenters. The summed E-state index contributed by atoms with van der Waals surface area (Å²) in [6.45, 7) is 0.754. The van der Waals surface area contributed by atoms with Crippen LogP contribution in [-0.2, 0) is 0 Å². The van der Waals surface area contributed by atoms with E-state index in [1.807, 2.05) is 37.2 Å². The van der Waals surface area contributed by atoms with Gasteiger partial charge in [-0.25, -0.2) is 0 Å². The first-order valence-electron chi connectivity index (χ1n) is 4.85.